The lowest BCUT2D eigenvalue weighted by molar-refractivity contribution is 0.0600. The number of methoxy groups -OCH3 is 1. The van der Waals surface area contributed by atoms with E-state index in [-0.39, 0.29) is 0 Å². The van der Waals surface area contributed by atoms with Crippen LogP contribution in [0, 0.1) is 0 Å². The zero-order chi connectivity index (χ0) is 14.5. The number of esters is 1. The van der Waals surface area contributed by atoms with Crippen LogP contribution >= 0.6 is 0 Å². The van der Waals surface area contributed by atoms with E-state index in [9.17, 15) is 14.3 Å². The first-order valence-corrected chi connectivity index (χ1v) is 6.19. The van der Waals surface area contributed by atoms with Crippen molar-refractivity contribution in [1.29, 1.82) is 0 Å². The van der Waals surface area contributed by atoms with Crippen molar-refractivity contribution in [2.75, 3.05) is 7.11 Å². The molecule has 0 saturated heterocycles. The van der Waals surface area contributed by atoms with Gasteiger partial charge in [0.05, 0.1) is 12.7 Å². The van der Waals surface area contributed by atoms with Gasteiger partial charge >= 0.3 is 5.97 Å². The molecule has 2 atom stereocenters. The van der Waals surface area contributed by atoms with Crippen molar-refractivity contribution >= 4 is 5.97 Å². The highest BCUT2D eigenvalue weighted by Gasteiger charge is 2.22. The van der Waals surface area contributed by atoms with Gasteiger partial charge < -0.3 is 9.84 Å². The lowest BCUT2D eigenvalue weighted by Crippen LogP contribution is -2.07. The maximum absolute atomic E-state index is 14.3. The fraction of sp³-hybridized carbons (Fsp3) is 0.188. The number of carbonyl (C=O) groups is 1. The molecule has 0 unspecified atom stereocenters. The Labute approximate surface area is 116 Å². The predicted octanol–water partition coefficient (Wildman–Crippen LogP) is 3.22. The Morgan fingerprint density at radius 1 is 1.05 bits per heavy atom. The van der Waals surface area contributed by atoms with E-state index in [1.54, 1.807) is 30.3 Å². The normalized spacial score (nSPS) is 13.6. The zero-order valence-corrected chi connectivity index (χ0v) is 11.0. The summed E-state index contributed by atoms with van der Waals surface area (Å²) in [5.74, 6) is -0.476. The van der Waals surface area contributed by atoms with Crippen molar-refractivity contribution in [3.63, 3.8) is 0 Å². The Hall–Kier alpha value is -2.20. The Bertz CT molecular complexity index is 566. The summed E-state index contributed by atoms with van der Waals surface area (Å²) in [6, 6.07) is 14.5. The van der Waals surface area contributed by atoms with Crippen molar-refractivity contribution in [3.8, 4) is 0 Å². The van der Waals surface area contributed by atoms with Gasteiger partial charge in [-0.2, -0.15) is 0 Å². The van der Waals surface area contributed by atoms with Gasteiger partial charge in [-0.3, -0.25) is 0 Å². The maximum Gasteiger partial charge on any atom is 0.337 e. The van der Waals surface area contributed by atoms with Gasteiger partial charge in [-0.1, -0.05) is 42.5 Å². The topological polar surface area (TPSA) is 46.5 Å². The van der Waals surface area contributed by atoms with Crippen molar-refractivity contribution < 1.29 is 19.0 Å². The SMILES string of the molecule is COC(=O)c1ccc([C@@H](F)[C@@H](O)c2ccccc2)cc1. The molecule has 0 fully saturated rings. The summed E-state index contributed by atoms with van der Waals surface area (Å²) >= 11 is 0. The number of rotatable bonds is 4. The van der Waals surface area contributed by atoms with Crippen molar-refractivity contribution in [2.24, 2.45) is 0 Å². The summed E-state index contributed by atoms with van der Waals surface area (Å²) in [6.07, 6.45) is -2.79. The van der Waals surface area contributed by atoms with Crippen LogP contribution in [0.1, 0.15) is 33.8 Å². The first kappa shape index (κ1) is 14.2. The Morgan fingerprint density at radius 2 is 1.65 bits per heavy atom. The first-order valence-electron chi connectivity index (χ1n) is 6.19. The Morgan fingerprint density at radius 3 is 2.20 bits per heavy atom. The van der Waals surface area contributed by atoms with Gasteiger partial charge in [0.25, 0.3) is 0 Å². The molecule has 0 heterocycles. The third-order valence-electron chi connectivity index (χ3n) is 3.07. The molecule has 0 spiro atoms. The number of halogens is 1. The second-order valence-corrected chi connectivity index (χ2v) is 4.37. The molecule has 1 N–H and O–H groups in total. The van der Waals surface area contributed by atoms with Crippen molar-refractivity contribution in [3.05, 3.63) is 71.3 Å². The standard InChI is InChI=1S/C16H15FO3/c1-20-16(19)13-9-7-11(8-10-13)14(17)15(18)12-5-3-2-4-6-12/h2-10,14-15,18H,1H3/t14-,15+/m1/s1. The molecule has 4 heteroatoms. The van der Waals surface area contributed by atoms with Crippen LogP contribution in [0.2, 0.25) is 0 Å². The highest BCUT2D eigenvalue weighted by Crippen LogP contribution is 2.32. The minimum absolute atomic E-state index is 0.314. The van der Waals surface area contributed by atoms with E-state index in [2.05, 4.69) is 4.74 Å². The molecule has 20 heavy (non-hydrogen) atoms. The molecule has 0 aliphatic rings. The number of ether oxygens (including phenoxy) is 1. The Kier molecular flexibility index (Phi) is 4.48. The van der Waals surface area contributed by atoms with E-state index in [0.29, 0.717) is 16.7 Å². The van der Waals surface area contributed by atoms with Crippen molar-refractivity contribution in [1.82, 2.24) is 0 Å². The highest BCUT2D eigenvalue weighted by molar-refractivity contribution is 5.89. The summed E-state index contributed by atoms with van der Waals surface area (Å²) in [5.41, 5.74) is 1.17. The van der Waals surface area contributed by atoms with Crippen LogP contribution in [0.25, 0.3) is 0 Å². The molecule has 0 aliphatic carbocycles. The fourth-order valence-electron chi connectivity index (χ4n) is 1.92. The van der Waals surface area contributed by atoms with Gasteiger partial charge in [-0.15, -0.1) is 0 Å². The molecular formula is C16H15FO3. The van der Waals surface area contributed by atoms with E-state index in [4.69, 9.17) is 0 Å². The quantitative estimate of drug-likeness (QED) is 0.871. The molecule has 0 bridgehead atoms. The van der Waals surface area contributed by atoms with E-state index in [1.807, 2.05) is 0 Å². The molecule has 2 rings (SSSR count). The van der Waals surface area contributed by atoms with Crippen LogP contribution < -0.4 is 0 Å². The summed E-state index contributed by atoms with van der Waals surface area (Å²) in [4.78, 5) is 11.3. The van der Waals surface area contributed by atoms with Gasteiger partial charge in [0, 0.05) is 0 Å². The average molecular weight is 274 g/mol. The van der Waals surface area contributed by atoms with Gasteiger partial charge in [0.1, 0.15) is 6.10 Å². The molecule has 0 aliphatic heterocycles. The van der Waals surface area contributed by atoms with Crippen molar-refractivity contribution in [2.45, 2.75) is 12.3 Å². The van der Waals surface area contributed by atoms with Crippen LogP contribution in [0.5, 0.6) is 0 Å². The van der Waals surface area contributed by atoms with E-state index in [1.165, 1.54) is 31.4 Å². The molecule has 104 valence electrons. The van der Waals surface area contributed by atoms with Crippen LogP contribution in [-0.4, -0.2) is 18.2 Å². The highest BCUT2D eigenvalue weighted by atomic mass is 19.1. The number of aliphatic hydroxyl groups is 1. The lowest BCUT2D eigenvalue weighted by Gasteiger charge is -2.16. The first-order chi connectivity index (χ1) is 9.63. The number of carbonyl (C=O) groups excluding carboxylic acids is 1. The van der Waals surface area contributed by atoms with Crippen LogP contribution in [-0.2, 0) is 4.74 Å². The number of benzene rings is 2. The molecule has 2 aromatic rings. The third kappa shape index (κ3) is 3.03. The zero-order valence-electron chi connectivity index (χ0n) is 11.0. The molecule has 0 amide bonds. The number of alkyl halides is 1. The number of hydrogen-bond acceptors (Lipinski definition) is 3. The largest absolute Gasteiger partial charge is 0.465 e. The van der Waals surface area contributed by atoms with Crippen LogP contribution in [0.15, 0.2) is 54.6 Å². The van der Waals surface area contributed by atoms with E-state index >= 15 is 0 Å². The summed E-state index contributed by atoms with van der Waals surface area (Å²) in [6.45, 7) is 0. The second-order valence-electron chi connectivity index (χ2n) is 4.37. The monoisotopic (exact) mass is 274 g/mol. The fourth-order valence-corrected chi connectivity index (χ4v) is 1.92. The third-order valence-corrected chi connectivity index (χ3v) is 3.07. The Balaban J connectivity index is 2.17. The predicted molar refractivity (Wildman–Crippen MR) is 73.0 cm³/mol. The molecule has 0 radical (unpaired) electrons. The molecule has 3 nitrogen and oxygen atoms in total. The minimum atomic E-state index is -1.55. The van der Waals surface area contributed by atoms with E-state index < -0.39 is 18.2 Å². The average Bonchev–Trinajstić information content (AvgIpc) is 2.53. The second kappa shape index (κ2) is 6.30. The number of aliphatic hydroxyl groups excluding tert-OH is 1. The maximum atomic E-state index is 14.3. The summed E-state index contributed by atoms with van der Waals surface area (Å²) < 4.78 is 18.8. The van der Waals surface area contributed by atoms with Crippen LogP contribution in [0.4, 0.5) is 4.39 Å². The smallest absolute Gasteiger partial charge is 0.337 e. The van der Waals surface area contributed by atoms with Gasteiger partial charge in [0.15, 0.2) is 6.17 Å². The van der Waals surface area contributed by atoms with Gasteiger partial charge in [-0.25, -0.2) is 9.18 Å². The molecular weight excluding hydrogens is 259 g/mol. The lowest BCUT2D eigenvalue weighted by atomic mass is 9.99. The van der Waals surface area contributed by atoms with Gasteiger partial charge in [-0.05, 0) is 23.3 Å². The molecule has 2 aromatic carbocycles. The van der Waals surface area contributed by atoms with E-state index in [0.717, 1.165) is 0 Å². The molecule has 0 aromatic heterocycles. The van der Waals surface area contributed by atoms with Crippen LogP contribution in [0.3, 0.4) is 0 Å². The minimum Gasteiger partial charge on any atom is -0.465 e. The van der Waals surface area contributed by atoms with Gasteiger partial charge in [0.2, 0.25) is 0 Å². The number of hydrogen-bond donors (Lipinski definition) is 1. The molecule has 0 saturated carbocycles. The summed E-state index contributed by atoms with van der Waals surface area (Å²) in [5, 5.41) is 10.0. The summed E-state index contributed by atoms with van der Waals surface area (Å²) in [7, 11) is 1.29.